The molecule has 2 N–H and O–H groups in total. The van der Waals surface area contributed by atoms with Gasteiger partial charge in [-0.15, -0.1) is 0 Å². The zero-order chi connectivity index (χ0) is 23.2. The van der Waals surface area contributed by atoms with Gasteiger partial charge in [-0.25, -0.2) is 4.79 Å². The highest BCUT2D eigenvalue weighted by molar-refractivity contribution is 5.71. The Hall–Kier alpha value is -2.61. The molecular formula is C21H37NO7. The van der Waals surface area contributed by atoms with Gasteiger partial charge in [-0.3, -0.25) is 4.79 Å². The molecule has 0 aliphatic heterocycles. The molecular weight excluding hydrogens is 378 g/mol. The normalized spacial score (nSPS) is 8.55. The number of aldehydes is 1. The Bertz CT molecular complexity index is 562. The number of anilines is 1. The number of esters is 1. The predicted molar refractivity (Wildman–Crippen MR) is 115 cm³/mol. The minimum absolute atomic E-state index is 0.0150. The van der Waals surface area contributed by atoms with Gasteiger partial charge in [-0.1, -0.05) is 27.7 Å². The maximum atomic E-state index is 11.1. The summed E-state index contributed by atoms with van der Waals surface area (Å²) < 4.78 is 9.81. The molecule has 0 unspecified atom stereocenters. The van der Waals surface area contributed by atoms with Gasteiger partial charge in [0.25, 0.3) is 0 Å². The summed E-state index contributed by atoms with van der Waals surface area (Å²) in [5.74, 6) is -0.845. The van der Waals surface area contributed by atoms with E-state index in [1.165, 1.54) is 7.11 Å². The van der Waals surface area contributed by atoms with E-state index in [2.05, 4.69) is 4.74 Å². The van der Waals surface area contributed by atoms with Gasteiger partial charge in [0.15, 0.2) is 6.61 Å². The first-order valence-electron chi connectivity index (χ1n) is 9.63. The standard InChI is InChI=1S/C16H21NO6.2C2H6.CH4O/c1-12-10-13(23-11-16(21)22-2)4-5-14(12)17(7-3-9-18)8-6-15(19)20;3*1-2/h4-5,9-10H,3,6-8,11H2,1-2H3,(H,19,20);2*1-2H3;2H,1H3. The Morgan fingerprint density at radius 1 is 1.10 bits per heavy atom. The average Bonchev–Trinajstić information content (AvgIpc) is 2.76. The molecule has 29 heavy (non-hydrogen) atoms. The van der Waals surface area contributed by atoms with Gasteiger partial charge >= 0.3 is 11.9 Å². The van der Waals surface area contributed by atoms with Crippen molar-refractivity contribution in [2.75, 3.05) is 38.8 Å². The molecule has 1 aromatic carbocycles. The van der Waals surface area contributed by atoms with Crippen LogP contribution >= 0.6 is 0 Å². The van der Waals surface area contributed by atoms with E-state index in [9.17, 15) is 14.4 Å². The number of carboxylic acid groups (broad SMARTS) is 1. The third-order valence-corrected chi connectivity index (χ3v) is 3.21. The van der Waals surface area contributed by atoms with E-state index < -0.39 is 11.9 Å². The second-order valence-electron chi connectivity index (χ2n) is 4.90. The molecule has 0 fully saturated rings. The average molecular weight is 416 g/mol. The first-order valence-corrected chi connectivity index (χ1v) is 9.63. The molecule has 168 valence electrons. The molecule has 0 saturated heterocycles. The number of hydrogen-bond donors (Lipinski definition) is 2. The predicted octanol–water partition coefficient (Wildman–Crippen LogP) is 3.08. The molecule has 0 atom stereocenters. The lowest BCUT2D eigenvalue weighted by Crippen LogP contribution is -2.28. The zero-order valence-corrected chi connectivity index (χ0v) is 18.7. The van der Waals surface area contributed by atoms with Crippen LogP contribution in [-0.2, 0) is 19.1 Å². The van der Waals surface area contributed by atoms with E-state index in [0.717, 1.165) is 24.6 Å². The molecule has 0 heterocycles. The molecule has 0 saturated carbocycles. The van der Waals surface area contributed by atoms with Crippen molar-refractivity contribution in [3.05, 3.63) is 23.8 Å². The summed E-state index contributed by atoms with van der Waals surface area (Å²) in [7, 11) is 2.29. The molecule has 8 heteroatoms. The second-order valence-corrected chi connectivity index (χ2v) is 4.90. The number of nitrogens with zero attached hydrogens (tertiary/aromatic N) is 1. The number of hydrogen-bond acceptors (Lipinski definition) is 7. The maximum Gasteiger partial charge on any atom is 0.343 e. The van der Waals surface area contributed by atoms with Crippen LogP contribution in [0.2, 0.25) is 0 Å². The minimum atomic E-state index is -0.892. The van der Waals surface area contributed by atoms with Gasteiger partial charge in [0.1, 0.15) is 12.0 Å². The third kappa shape index (κ3) is 15.0. The number of rotatable bonds is 10. The first kappa shape index (κ1) is 31.1. The Kier molecular flexibility index (Phi) is 23.3. The third-order valence-electron chi connectivity index (χ3n) is 3.21. The van der Waals surface area contributed by atoms with E-state index in [0.29, 0.717) is 25.3 Å². The lowest BCUT2D eigenvalue weighted by atomic mass is 10.1. The summed E-state index contributed by atoms with van der Waals surface area (Å²) in [4.78, 5) is 34.3. The largest absolute Gasteiger partial charge is 0.482 e. The van der Waals surface area contributed by atoms with E-state index in [4.69, 9.17) is 14.9 Å². The molecule has 0 amide bonds. The summed E-state index contributed by atoms with van der Waals surface area (Å²) in [6, 6.07) is 5.24. The Morgan fingerprint density at radius 2 is 1.69 bits per heavy atom. The van der Waals surface area contributed by atoms with E-state index >= 15 is 0 Å². The first-order chi connectivity index (χ1) is 14.0. The van der Waals surface area contributed by atoms with Crippen LogP contribution in [0.3, 0.4) is 0 Å². The molecule has 1 rings (SSSR count). The topological polar surface area (TPSA) is 113 Å². The van der Waals surface area contributed by atoms with Crippen LogP contribution in [0.1, 0.15) is 46.1 Å². The van der Waals surface area contributed by atoms with Crippen LogP contribution in [-0.4, -0.2) is 62.4 Å². The summed E-state index contributed by atoms with van der Waals surface area (Å²) in [6.45, 7) is 10.4. The van der Waals surface area contributed by atoms with Crippen molar-refractivity contribution in [2.24, 2.45) is 0 Å². The summed E-state index contributed by atoms with van der Waals surface area (Å²) >= 11 is 0. The Balaban J connectivity index is -0.00000103. The highest BCUT2D eigenvalue weighted by atomic mass is 16.6. The van der Waals surface area contributed by atoms with Crippen LogP contribution in [0.15, 0.2) is 18.2 Å². The number of benzene rings is 1. The highest BCUT2D eigenvalue weighted by Gasteiger charge is 2.12. The number of aliphatic hydroxyl groups excluding tert-OH is 1. The SMILES string of the molecule is CC.CC.CO.COC(=O)COc1ccc(N(CCC=O)CCC(=O)O)c(C)c1. The van der Waals surface area contributed by atoms with Gasteiger partial charge in [0.2, 0.25) is 0 Å². The van der Waals surface area contributed by atoms with E-state index in [1.807, 2.05) is 39.5 Å². The van der Waals surface area contributed by atoms with Gasteiger partial charge in [-0.05, 0) is 30.7 Å². The van der Waals surface area contributed by atoms with Crippen LogP contribution < -0.4 is 9.64 Å². The minimum Gasteiger partial charge on any atom is -0.482 e. The molecule has 1 aromatic rings. The number of aliphatic hydroxyl groups is 1. The fourth-order valence-electron chi connectivity index (χ4n) is 2.07. The fraction of sp³-hybridized carbons (Fsp3) is 0.571. The number of aliphatic carboxylic acids is 1. The number of methoxy groups -OCH3 is 1. The monoisotopic (exact) mass is 415 g/mol. The Morgan fingerprint density at radius 3 is 2.14 bits per heavy atom. The molecule has 0 spiro atoms. The van der Waals surface area contributed by atoms with Crippen molar-refractivity contribution in [1.82, 2.24) is 0 Å². The quantitative estimate of drug-likeness (QED) is 0.443. The molecule has 0 aliphatic carbocycles. The lowest BCUT2D eigenvalue weighted by Gasteiger charge is -2.25. The van der Waals surface area contributed by atoms with Gasteiger partial charge < -0.3 is 29.4 Å². The van der Waals surface area contributed by atoms with Crippen LogP contribution in [0.25, 0.3) is 0 Å². The second kappa shape index (κ2) is 21.7. The number of carboxylic acids is 1. The van der Waals surface area contributed by atoms with Crippen molar-refractivity contribution in [2.45, 2.75) is 47.5 Å². The summed E-state index contributed by atoms with van der Waals surface area (Å²) in [5, 5.41) is 15.8. The summed E-state index contributed by atoms with van der Waals surface area (Å²) in [5.41, 5.74) is 1.70. The van der Waals surface area contributed by atoms with Crippen molar-refractivity contribution >= 4 is 23.9 Å². The zero-order valence-electron chi connectivity index (χ0n) is 18.7. The van der Waals surface area contributed by atoms with Crippen LogP contribution in [0.4, 0.5) is 5.69 Å². The van der Waals surface area contributed by atoms with Crippen LogP contribution in [0, 0.1) is 6.92 Å². The molecule has 0 radical (unpaired) electrons. The maximum absolute atomic E-state index is 11.1. The van der Waals surface area contributed by atoms with Crippen LogP contribution in [0.5, 0.6) is 5.75 Å². The molecule has 0 aromatic heterocycles. The van der Waals surface area contributed by atoms with E-state index in [-0.39, 0.29) is 13.0 Å². The number of ether oxygens (including phenoxy) is 2. The fourth-order valence-corrected chi connectivity index (χ4v) is 2.07. The van der Waals surface area contributed by atoms with Crippen molar-refractivity contribution in [3.8, 4) is 5.75 Å². The number of aryl methyl sites for hydroxylation is 1. The number of carbonyl (C=O) groups excluding carboxylic acids is 2. The number of carbonyl (C=O) groups is 3. The smallest absolute Gasteiger partial charge is 0.343 e. The highest BCUT2D eigenvalue weighted by Crippen LogP contribution is 2.25. The molecule has 0 bridgehead atoms. The van der Waals surface area contributed by atoms with Gasteiger partial charge in [0.05, 0.1) is 13.5 Å². The van der Waals surface area contributed by atoms with Gasteiger partial charge in [0, 0.05) is 32.3 Å². The van der Waals surface area contributed by atoms with Gasteiger partial charge in [-0.2, -0.15) is 0 Å². The molecule has 8 nitrogen and oxygen atoms in total. The van der Waals surface area contributed by atoms with Crippen molar-refractivity contribution < 1.29 is 34.1 Å². The summed E-state index contributed by atoms with van der Waals surface area (Å²) in [6.07, 6.45) is 1.11. The van der Waals surface area contributed by atoms with E-state index in [1.54, 1.807) is 18.2 Å². The Labute approximate surface area is 174 Å². The van der Waals surface area contributed by atoms with Crippen molar-refractivity contribution in [3.63, 3.8) is 0 Å². The van der Waals surface area contributed by atoms with Crippen molar-refractivity contribution in [1.29, 1.82) is 0 Å². The molecule has 0 aliphatic rings. The lowest BCUT2D eigenvalue weighted by molar-refractivity contribution is -0.143.